The third-order valence-corrected chi connectivity index (χ3v) is 4.48. The Morgan fingerprint density at radius 2 is 1.90 bits per heavy atom. The van der Waals surface area contributed by atoms with Crippen LogP contribution >= 0.6 is 23.4 Å². The van der Waals surface area contributed by atoms with Crippen molar-refractivity contribution in [3.05, 3.63) is 64.4 Å². The predicted octanol–water partition coefficient (Wildman–Crippen LogP) is 4.48. The maximum atomic E-state index is 13.6. The summed E-state index contributed by atoms with van der Waals surface area (Å²) in [6.07, 6.45) is -0.402. The molecule has 0 aliphatic carbocycles. The highest BCUT2D eigenvalue weighted by atomic mass is 35.5. The van der Waals surface area contributed by atoms with Crippen LogP contribution in [0.15, 0.2) is 47.4 Å². The van der Waals surface area contributed by atoms with E-state index in [1.807, 2.05) is 31.2 Å². The monoisotopic (exact) mass is 310 g/mol. The predicted molar refractivity (Wildman–Crippen MR) is 83.0 cm³/mol. The van der Waals surface area contributed by atoms with Gasteiger partial charge in [-0.2, -0.15) is 0 Å². The Morgan fingerprint density at radius 1 is 1.20 bits per heavy atom. The lowest BCUT2D eigenvalue weighted by Gasteiger charge is -2.12. The Balaban J connectivity index is 1.92. The molecule has 20 heavy (non-hydrogen) atoms. The molecule has 1 N–H and O–H groups in total. The normalized spacial score (nSPS) is 12.4. The first-order chi connectivity index (χ1) is 9.56. The number of hydrogen-bond donors (Lipinski definition) is 1. The van der Waals surface area contributed by atoms with Gasteiger partial charge in [-0.15, -0.1) is 11.8 Å². The largest absolute Gasteiger partial charge is 0.392 e. The molecule has 0 saturated heterocycles. The van der Waals surface area contributed by atoms with Crippen LogP contribution in [0.25, 0.3) is 0 Å². The highest BCUT2D eigenvalue weighted by Crippen LogP contribution is 2.24. The first kappa shape index (κ1) is 15.4. The molecule has 106 valence electrons. The van der Waals surface area contributed by atoms with E-state index < -0.39 is 6.10 Å². The number of aliphatic hydroxyl groups is 1. The molecule has 1 atom stereocenters. The van der Waals surface area contributed by atoms with Gasteiger partial charge >= 0.3 is 0 Å². The zero-order chi connectivity index (χ0) is 14.5. The number of aliphatic hydroxyl groups excluding tert-OH is 1. The molecular weight excluding hydrogens is 295 g/mol. The molecule has 0 aliphatic rings. The van der Waals surface area contributed by atoms with E-state index in [4.69, 9.17) is 11.6 Å². The molecule has 0 radical (unpaired) electrons. The molecule has 1 unspecified atom stereocenters. The summed E-state index contributed by atoms with van der Waals surface area (Å²) in [5.74, 6) is 0.144. The molecule has 0 fully saturated rings. The zero-order valence-electron chi connectivity index (χ0n) is 11.1. The van der Waals surface area contributed by atoms with Gasteiger partial charge in [-0.25, -0.2) is 4.39 Å². The fourth-order valence-corrected chi connectivity index (χ4v) is 2.92. The van der Waals surface area contributed by atoms with Crippen LogP contribution in [0.3, 0.4) is 0 Å². The quantitative estimate of drug-likeness (QED) is 0.822. The smallest absolute Gasteiger partial charge is 0.127 e. The van der Waals surface area contributed by atoms with Crippen molar-refractivity contribution in [2.45, 2.75) is 24.3 Å². The maximum Gasteiger partial charge on any atom is 0.127 e. The zero-order valence-corrected chi connectivity index (χ0v) is 12.7. The number of benzene rings is 2. The third kappa shape index (κ3) is 4.23. The van der Waals surface area contributed by atoms with Crippen molar-refractivity contribution in [2.75, 3.05) is 5.75 Å². The summed E-state index contributed by atoms with van der Waals surface area (Å²) in [5, 5.41) is 10.4. The molecule has 0 saturated carbocycles. The molecule has 1 nitrogen and oxygen atoms in total. The van der Waals surface area contributed by atoms with Gasteiger partial charge in [-0.05, 0) is 31.2 Å². The highest BCUT2D eigenvalue weighted by molar-refractivity contribution is 7.99. The van der Waals surface area contributed by atoms with E-state index in [2.05, 4.69) is 0 Å². The van der Waals surface area contributed by atoms with Crippen molar-refractivity contribution in [1.82, 2.24) is 0 Å². The topological polar surface area (TPSA) is 20.2 Å². The third-order valence-electron chi connectivity index (χ3n) is 2.96. The van der Waals surface area contributed by atoms with Crippen LogP contribution in [-0.4, -0.2) is 17.0 Å². The Morgan fingerprint density at radius 3 is 2.55 bits per heavy atom. The Bertz CT molecular complexity index is 551. The number of aryl methyl sites for hydroxylation is 1. The Kier molecular flexibility index (Phi) is 5.46. The standard InChI is InChI=1S/C16H16ClFOS/c1-11-5-7-13(8-6-11)20-10-12(19)9-14-15(17)3-2-4-16(14)18/h2-8,12,19H,9-10H2,1H3. The first-order valence-corrected chi connectivity index (χ1v) is 7.73. The number of rotatable bonds is 5. The van der Waals surface area contributed by atoms with Crippen LogP contribution < -0.4 is 0 Å². The molecule has 0 spiro atoms. The van der Waals surface area contributed by atoms with Crippen LogP contribution in [0.1, 0.15) is 11.1 Å². The lowest BCUT2D eigenvalue weighted by molar-refractivity contribution is 0.199. The second kappa shape index (κ2) is 7.11. The minimum atomic E-state index is -0.629. The SMILES string of the molecule is Cc1ccc(SCC(O)Cc2c(F)cccc2Cl)cc1. The number of halogens is 2. The van der Waals surface area contributed by atoms with E-state index >= 15 is 0 Å². The number of thioether (sulfide) groups is 1. The van der Waals surface area contributed by atoms with Crippen molar-refractivity contribution in [3.63, 3.8) is 0 Å². The van der Waals surface area contributed by atoms with Crippen molar-refractivity contribution in [3.8, 4) is 0 Å². The summed E-state index contributed by atoms with van der Waals surface area (Å²) < 4.78 is 13.6. The van der Waals surface area contributed by atoms with Crippen LogP contribution in [0.5, 0.6) is 0 Å². The van der Waals surface area contributed by atoms with Crippen molar-refractivity contribution >= 4 is 23.4 Å². The van der Waals surface area contributed by atoms with E-state index in [0.717, 1.165) is 4.90 Å². The van der Waals surface area contributed by atoms with Gasteiger partial charge in [0.2, 0.25) is 0 Å². The van der Waals surface area contributed by atoms with Crippen LogP contribution in [0.2, 0.25) is 5.02 Å². The van der Waals surface area contributed by atoms with Gasteiger partial charge in [0.25, 0.3) is 0 Å². The lowest BCUT2D eigenvalue weighted by Crippen LogP contribution is -2.14. The lowest BCUT2D eigenvalue weighted by atomic mass is 10.1. The van der Waals surface area contributed by atoms with Gasteiger partial charge in [0.15, 0.2) is 0 Å². The summed E-state index contributed by atoms with van der Waals surface area (Å²) in [4.78, 5) is 1.09. The second-order valence-electron chi connectivity index (χ2n) is 4.68. The second-order valence-corrected chi connectivity index (χ2v) is 6.18. The molecule has 2 rings (SSSR count). The molecule has 0 amide bonds. The van der Waals surface area contributed by atoms with Gasteiger partial charge in [0.1, 0.15) is 5.82 Å². The molecule has 4 heteroatoms. The number of hydrogen-bond acceptors (Lipinski definition) is 2. The summed E-state index contributed by atoms with van der Waals surface area (Å²) in [7, 11) is 0. The summed E-state index contributed by atoms with van der Waals surface area (Å²) in [5.41, 5.74) is 1.58. The van der Waals surface area contributed by atoms with Crippen LogP contribution in [0.4, 0.5) is 4.39 Å². The van der Waals surface area contributed by atoms with Gasteiger partial charge in [0, 0.05) is 27.7 Å². The Hall–Kier alpha value is -1.03. The van der Waals surface area contributed by atoms with Crippen LogP contribution in [0, 0.1) is 12.7 Å². The van der Waals surface area contributed by atoms with E-state index in [0.29, 0.717) is 16.3 Å². The molecular formula is C16H16ClFOS. The summed E-state index contributed by atoms with van der Waals surface area (Å²) in [6.45, 7) is 2.03. The molecule has 0 aromatic heterocycles. The minimum Gasteiger partial charge on any atom is -0.392 e. The van der Waals surface area contributed by atoms with Gasteiger partial charge in [-0.1, -0.05) is 35.4 Å². The molecule has 0 heterocycles. The molecule has 2 aromatic rings. The maximum absolute atomic E-state index is 13.6. The van der Waals surface area contributed by atoms with Crippen molar-refractivity contribution < 1.29 is 9.50 Å². The average molecular weight is 311 g/mol. The molecule has 0 bridgehead atoms. The van der Waals surface area contributed by atoms with Crippen molar-refractivity contribution in [1.29, 1.82) is 0 Å². The fourth-order valence-electron chi connectivity index (χ4n) is 1.85. The molecule has 2 aromatic carbocycles. The highest BCUT2D eigenvalue weighted by Gasteiger charge is 2.13. The minimum absolute atomic E-state index is 0.227. The van der Waals surface area contributed by atoms with Gasteiger partial charge in [-0.3, -0.25) is 0 Å². The van der Waals surface area contributed by atoms with E-state index in [9.17, 15) is 9.50 Å². The molecule has 0 aliphatic heterocycles. The van der Waals surface area contributed by atoms with Crippen molar-refractivity contribution in [2.24, 2.45) is 0 Å². The Labute approximate surface area is 127 Å². The van der Waals surface area contributed by atoms with Gasteiger partial charge < -0.3 is 5.11 Å². The van der Waals surface area contributed by atoms with Crippen LogP contribution in [-0.2, 0) is 6.42 Å². The summed E-state index contributed by atoms with van der Waals surface area (Å²) >= 11 is 7.50. The summed E-state index contributed by atoms with van der Waals surface area (Å²) in [6, 6.07) is 12.7. The van der Waals surface area contributed by atoms with E-state index in [1.165, 1.54) is 11.6 Å². The van der Waals surface area contributed by atoms with Gasteiger partial charge in [0.05, 0.1) is 6.10 Å². The average Bonchev–Trinajstić information content (AvgIpc) is 2.42. The van der Waals surface area contributed by atoms with E-state index in [1.54, 1.807) is 23.9 Å². The van der Waals surface area contributed by atoms with E-state index in [-0.39, 0.29) is 12.2 Å². The first-order valence-electron chi connectivity index (χ1n) is 6.36. The fraction of sp³-hybridized carbons (Fsp3) is 0.250.